The van der Waals surface area contributed by atoms with Gasteiger partial charge in [0.15, 0.2) is 0 Å². The van der Waals surface area contributed by atoms with E-state index in [9.17, 15) is 0 Å². The van der Waals surface area contributed by atoms with E-state index in [0.717, 1.165) is 37.2 Å². The molecule has 1 radical (unpaired) electrons. The van der Waals surface area contributed by atoms with Crippen molar-refractivity contribution in [3.8, 4) is 0 Å². The Morgan fingerprint density at radius 1 is 0.800 bits per heavy atom. The van der Waals surface area contributed by atoms with Crippen LogP contribution in [0.2, 0.25) is 0 Å². The van der Waals surface area contributed by atoms with E-state index in [4.69, 9.17) is 9.31 Å². The number of hydrogen-bond donors (Lipinski definition) is 0. The molecular formula is C12H18BO2. The maximum absolute atomic E-state index is 5.46. The molecule has 0 N–H and O–H groups in total. The van der Waals surface area contributed by atoms with E-state index in [1.807, 2.05) is 0 Å². The van der Waals surface area contributed by atoms with Crippen LogP contribution in [0, 0.1) is 0 Å². The van der Waals surface area contributed by atoms with E-state index in [0.29, 0.717) is 0 Å². The maximum atomic E-state index is 5.46. The topological polar surface area (TPSA) is 18.5 Å². The summed E-state index contributed by atoms with van der Waals surface area (Å²) in [5, 5.41) is 0. The quantitative estimate of drug-likeness (QED) is 0.654. The summed E-state index contributed by atoms with van der Waals surface area (Å²) in [6.07, 6.45) is 13.8. The van der Waals surface area contributed by atoms with Crippen molar-refractivity contribution in [1.82, 2.24) is 0 Å². The fourth-order valence-corrected chi connectivity index (χ4v) is 1.98. The summed E-state index contributed by atoms with van der Waals surface area (Å²) in [5.41, 5.74) is 0. The number of hydrogen-bond acceptors (Lipinski definition) is 2. The second kappa shape index (κ2) is 5.89. The molecule has 0 atom stereocenters. The lowest BCUT2D eigenvalue weighted by molar-refractivity contribution is 0.294. The van der Waals surface area contributed by atoms with Crippen molar-refractivity contribution in [1.29, 1.82) is 0 Å². The Morgan fingerprint density at radius 3 is 1.73 bits per heavy atom. The lowest BCUT2D eigenvalue weighted by Crippen LogP contribution is -2.07. The lowest BCUT2D eigenvalue weighted by atomic mass is 10.1. The third kappa shape index (κ3) is 3.65. The molecule has 0 bridgehead atoms. The SMILES string of the molecule is [B](OC1=CCCCC1)OC1=CCCCC1. The second-order valence-corrected chi connectivity index (χ2v) is 4.16. The molecule has 0 spiro atoms. The maximum Gasteiger partial charge on any atom is 0.657 e. The summed E-state index contributed by atoms with van der Waals surface area (Å²) >= 11 is 0. The molecule has 0 aliphatic heterocycles. The molecule has 0 aromatic rings. The van der Waals surface area contributed by atoms with Gasteiger partial charge in [-0.3, -0.25) is 0 Å². The average molecular weight is 205 g/mol. The van der Waals surface area contributed by atoms with Crippen LogP contribution in [-0.4, -0.2) is 7.69 Å². The van der Waals surface area contributed by atoms with Crippen molar-refractivity contribution in [2.24, 2.45) is 0 Å². The minimum Gasteiger partial charge on any atom is -0.530 e. The third-order valence-corrected chi connectivity index (χ3v) is 2.90. The molecule has 3 heteroatoms. The van der Waals surface area contributed by atoms with Crippen LogP contribution >= 0.6 is 0 Å². The standard InChI is InChI=1S/C12H18BO2/c1-3-7-11(8-4-1)14-13-15-12-9-5-2-6-10-12/h7,9H,1-6,8,10H2. The molecule has 0 heterocycles. The Kier molecular flexibility index (Phi) is 4.18. The van der Waals surface area contributed by atoms with Gasteiger partial charge in [-0.05, 0) is 50.7 Å². The van der Waals surface area contributed by atoms with E-state index in [2.05, 4.69) is 12.2 Å². The Bertz CT molecular complexity index is 232. The molecule has 2 rings (SSSR count). The highest BCUT2D eigenvalue weighted by atomic mass is 16.6. The van der Waals surface area contributed by atoms with Crippen molar-refractivity contribution < 1.29 is 9.31 Å². The van der Waals surface area contributed by atoms with Gasteiger partial charge in [0.25, 0.3) is 0 Å². The molecule has 0 aromatic carbocycles. The lowest BCUT2D eigenvalue weighted by Gasteiger charge is -2.16. The normalized spacial score (nSPS) is 21.3. The van der Waals surface area contributed by atoms with Gasteiger partial charge in [-0.1, -0.05) is 0 Å². The molecule has 0 amide bonds. The first-order chi connectivity index (χ1) is 7.45. The van der Waals surface area contributed by atoms with Crippen molar-refractivity contribution in [2.45, 2.75) is 51.4 Å². The highest BCUT2D eigenvalue weighted by molar-refractivity contribution is 6.19. The zero-order valence-electron chi connectivity index (χ0n) is 9.21. The average Bonchev–Trinajstić information content (AvgIpc) is 2.32. The van der Waals surface area contributed by atoms with Crippen molar-refractivity contribution in [3.63, 3.8) is 0 Å². The molecule has 0 saturated carbocycles. The third-order valence-electron chi connectivity index (χ3n) is 2.90. The van der Waals surface area contributed by atoms with Crippen LogP contribution in [0.1, 0.15) is 51.4 Å². The van der Waals surface area contributed by atoms with Crippen LogP contribution in [0.5, 0.6) is 0 Å². The van der Waals surface area contributed by atoms with Gasteiger partial charge in [-0.15, -0.1) is 0 Å². The van der Waals surface area contributed by atoms with Crippen molar-refractivity contribution >= 4 is 7.69 Å². The van der Waals surface area contributed by atoms with Crippen LogP contribution in [0.3, 0.4) is 0 Å². The van der Waals surface area contributed by atoms with Gasteiger partial charge in [-0.25, -0.2) is 0 Å². The van der Waals surface area contributed by atoms with Crippen LogP contribution in [-0.2, 0) is 9.31 Å². The predicted molar refractivity (Wildman–Crippen MR) is 61.0 cm³/mol. The van der Waals surface area contributed by atoms with E-state index in [1.165, 1.54) is 33.4 Å². The highest BCUT2D eigenvalue weighted by Crippen LogP contribution is 2.20. The van der Waals surface area contributed by atoms with Crippen LogP contribution in [0.4, 0.5) is 0 Å². The molecule has 0 aromatic heterocycles. The summed E-state index contributed by atoms with van der Waals surface area (Å²) in [4.78, 5) is 0. The number of allylic oxidation sites excluding steroid dienone is 4. The largest absolute Gasteiger partial charge is 0.657 e. The summed E-state index contributed by atoms with van der Waals surface area (Å²) in [7, 11) is 1.49. The van der Waals surface area contributed by atoms with E-state index in [1.54, 1.807) is 0 Å². The minimum absolute atomic E-state index is 1.05. The second-order valence-electron chi connectivity index (χ2n) is 4.16. The van der Waals surface area contributed by atoms with Gasteiger partial charge in [-0.2, -0.15) is 0 Å². The zero-order valence-corrected chi connectivity index (χ0v) is 9.21. The molecule has 0 saturated heterocycles. The first kappa shape index (κ1) is 10.7. The molecule has 81 valence electrons. The van der Waals surface area contributed by atoms with Gasteiger partial charge in [0.1, 0.15) is 0 Å². The summed E-state index contributed by atoms with van der Waals surface area (Å²) in [6.45, 7) is 0. The van der Waals surface area contributed by atoms with E-state index < -0.39 is 0 Å². The molecule has 2 aliphatic rings. The Labute approximate surface area is 92.6 Å². The minimum atomic E-state index is 1.05. The van der Waals surface area contributed by atoms with Crippen LogP contribution < -0.4 is 0 Å². The molecule has 2 aliphatic carbocycles. The molecule has 2 nitrogen and oxygen atoms in total. The highest BCUT2D eigenvalue weighted by Gasteiger charge is 2.09. The zero-order chi connectivity index (χ0) is 10.3. The fraction of sp³-hybridized carbons (Fsp3) is 0.667. The van der Waals surface area contributed by atoms with Crippen LogP contribution in [0.15, 0.2) is 23.7 Å². The fourth-order valence-electron chi connectivity index (χ4n) is 1.98. The van der Waals surface area contributed by atoms with E-state index in [-0.39, 0.29) is 0 Å². The molecule has 15 heavy (non-hydrogen) atoms. The van der Waals surface area contributed by atoms with Gasteiger partial charge < -0.3 is 9.31 Å². The van der Waals surface area contributed by atoms with Gasteiger partial charge >= 0.3 is 7.69 Å². The van der Waals surface area contributed by atoms with Gasteiger partial charge in [0, 0.05) is 12.8 Å². The van der Waals surface area contributed by atoms with E-state index >= 15 is 0 Å². The Hall–Kier alpha value is -0.855. The smallest absolute Gasteiger partial charge is 0.530 e. The summed E-state index contributed by atoms with van der Waals surface area (Å²) < 4.78 is 10.9. The summed E-state index contributed by atoms with van der Waals surface area (Å²) in [6, 6.07) is 0. The Balaban J connectivity index is 1.65. The van der Waals surface area contributed by atoms with Crippen molar-refractivity contribution in [3.05, 3.63) is 23.7 Å². The van der Waals surface area contributed by atoms with Crippen LogP contribution in [0.25, 0.3) is 0 Å². The monoisotopic (exact) mass is 205 g/mol. The van der Waals surface area contributed by atoms with Gasteiger partial charge in [0.2, 0.25) is 0 Å². The molecule has 0 fully saturated rings. The van der Waals surface area contributed by atoms with Gasteiger partial charge in [0.05, 0.1) is 11.5 Å². The molecular weight excluding hydrogens is 187 g/mol. The summed E-state index contributed by atoms with van der Waals surface area (Å²) in [5.74, 6) is 2.13. The molecule has 0 unspecified atom stereocenters. The predicted octanol–water partition coefficient (Wildman–Crippen LogP) is 3.47. The first-order valence-corrected chi connectivity index (χ1v) is 5.98. The van der Waals surface area contributed by atoms with Crippen molar-refractivity contribution in [2.75, 3.05) is 0 Å². The Morgan fingerprint density at radius 2 is 1.33 bits per heavy atom. The first-order valence-electron chi connectivity index (χ1n) is 5.98. The number of rotatable bonds is 4.